The number of rotatable bonds is 19. The molecule has 234 valence electrons. The Balaban J connectivity index is 1.17. The van der Waals surface area contributed by atoms with E-state index in [0.29, 0.717) is 12.1 Å². The van der Waals surface area contributed by atoms with Crippen molar-refractivity contribution in [2.75, 3.05) is 11.9 Å². The Morgan fingerprint density at radius 2 is 1.20 bits per heavy atom. The van der Waals surface area contributed by atoms with Crippen LogP contribution in [-0.4, -0.2) is 23.5 Å². The van der Waals surface area contributed by atoms with E-state index in [1.165, 1.54) is 83.5 Å². The summed E-state index contributed by atoms with van der Waals surface area (Å²) >= 11 is 0. The number of phenols is 1. The molecule has 4 aromatic rings. The predicted molar refractivity (Wildman–Crippen MR) is 185 cm³/mol. The van der Waals surface area contributed by atoms with Gasteiger partial charge in [0.05, 0.1) is 5.56 Å². The fraction of sp³-hybridized carbons (Fsp3) is 0.436. The third-order valence-electron chi connectivity index (χ3n) is 8.57. The zero-order chi connectivity index (χ0) is 31.0. The number of hydrogen-bond donors (Lipinski definition) is 3. The number of unbranched alkanes of at least 4 members (excludes halogenated alkanes) is 14. The highest BCUT2D eigenvalue weighted by molar-refractivity contribution is 6.11. The van der Waals surface area contributed by atoms with Gasteiger partial charge in [-0.1, -0.05) is 139 Å². The molecule has 0 unspecified atom stereocenters. The molecule has 0 bridgehead atoms. The van der Waals surface area contributed by atoms with Crippen LogP contribution >= 0.6 is 0 Å². The van der Waals surface area contributed by atoms with Crippen molar-refractivity contribution < 1.29 is 14.7 Å². The van der Waals surface area contributed by atoms with E-state index in [4.69, 9.17) is 0 Å². The molecule has 5 nitrogen and oxygen atoms in total. The van der Waals surface area contributed by atoms with Gasteiger partial charge in [0.1, 0.15) is 5.75 Å². The average Bonchev–Trinajstić information content (AvgIpc) is 3.04. The summed E-state index contributed by atoms with van der Waals surface area (Å²) in [7, 11) is 0. The third kappa shape index (κ3) is 10.1. The van der Waals surface area contributed by atoms with Gasteiger partial charge in [-0.05, 0) is 52.9 Å². The van der Waals surface area contributed by atoms with Crippen LogP contribution in [0.15, 0.2) is 72.8 Å². The summed E-state index contributed by atoms with van der Waals surface area (Å²) in [6.45, 7) is 2.86. The summed E-state index contributed by atoms with van der Waals surface area (Å²) < 4.78 is 0. The molecule has 0 saturated heterocycles. The summed E-state index contributed by atoms with van der Waals surface area (Å²) in [5.74, 6) is -0.574. The first-order chi connectivity index (χ1) is 21.6. The van der Waals surface area contributed by atoms with Gasteiger partial charge in [0.25, 0.3) is 11.8 Å². The van der Waals surface area contributed by atoms with E-state index in [9.17, 15) is 14.7 Å². The number of benzene rings is 4. The van der Waals surface area contributed by atoms with Gasteiger partial charge in [-0.25, -0.2) is 0 Å². The monoisotopic (exact) mass is 594 g/mol. The Bertz CT molecular complexity index is 1490. The normalized spacial score (nSPS) is 11.2. The standard InChI is InChI=1S/C39H50N2O3/c1-2-3-4-5-6-7-8-9-10-11-12-13-14-15-18-26-40-39(44)35-28-33-27-32(25-24-31(33)29-37(35)42)38(43)41-36-23-19-21-30-20-16-17-22-34(30)36/h16-17,19-25,27-29,42H,2-15,18,26H2,1H3,(H,40,44)(H,41,43). The van der Waals surface area contributed by atoms with Gasteiger partial charge in [-0.15, -0.1) is 0 Å². The molecular formula is C39H50N2O3. The van der Waals surface area contributed by atoms with Crippen LogP contribution < -0.4 is 10.6 Å². The lowest BCUT2D eigenvalue weighted by Crippen LogP contribution is -2.24. The lowest BCUT2D eigenvalue weighted by molar-refractivity contribution is 0.0949. The average molecular weight is 595 g/mol. The maximum Gasteiger partial charge on any atom is 0.255 e. The van der Waals surface area contributed by atoms with E-state index >= 15 is 0 Å². The summed E-state index contributed by atoms with van der Waals surface area (Å²) in [4.78, 5) is 26.0. The topological polar surface area (TPSA) is 78.4 Å². The number of carbonyl (C=O) groups excluding carboxylic acids is 2. The molecule has 0 radical (unpaired) electrons. The summed E-state index contributed by atoms with van der Waals surface area (Å²) in [5.41, 5.74) is 1.46. The number of fused-ring (bicyclic) bond motifs is 2. The Labute approximate surface area is 263 Å². The number of phenolic OH excluding ortho intramolecular Hbond substituents is 1. The van der Waals surface area contributed by atoms with E-state index < -0.39 is 0 Å². The smallest absolute Gasteiger partial charge is 0.255 e. The zero-order valence-corrected chi connectivity index (χ0v) is 26.5. The number of nitrogens with one attached hydrogen (secondary N) is 2. The molecule has 2 amide bonds. The van der Waals surface area contributed by atoms with Crippen molar-refractivity contribution in [2.24, 2.45) is 0 Å². The van der Waals surface area contributed by atoms with Gasteiger partial charge in [0.15, 0.2) is 0 Å². The Morgan fingerprint density at radius 3 is 1.89 bits per heavy atom. The molecule has 0 aliphatic heterocycles. The van der Waals surface area contributed by atoms with Crippen molar-refractivity contribution >= 4 is 39.0 Å². The lowest BCUT2D eigenvalue weighted by atomic mass is 10.0. The van der Waals surface area contributed by atoms with Gasteiger partial charge in [0, 0.05) is 23.2 Å². The van der Waals surface area contributed by atoms with E-state index in [1.807, 2.05) is 42.5 Å². The Kier molecular flexibility index (Phi) is 13.6. The van der Waals surface area contributed by atoms with Crippen LogP contribution in [0.25, 0.3) is 21.5 Å². The van der Waals surface area contributed by atoms with Crippen LogP contribution in [0.4, 0.5) is 5.69 Å². The molecule has 3 N–H and O–H groups in total. The van der Waals surface area contributed by atoms with Crippen LogP contribution in [0.3, 0.4) is 0 Å². The van der Waals surface area contributed by atoms with Gasteiger partial charge < -0.3 is 15.7 Å². The second kappa shape index (κ2) is 18.1. The molecular weight excluding hydrogens is 544 g/mol. The van der Waals surface area contributed by atoms with Crippen molar-refractivity contribution in [3.05, 3.63) is 83.9 Å². The number of hydrogen-bond acceptors (Lipinski definition) is 3. The van der Waals surface area contributed by atoms with E-state index in [1.54, 1.807) is 30.3 Å². The van der Waals surface area contributed by atoms with Crippen LogP contribution in [-0.2, 0) is 0 Å². The van der Waals surface area contributed by atoms with E-state index in [2.05, 4.69) is 17.6 Å². The van der Waals surface area contributed by atoms with Gasteiger partial charge in [0.2, 0.25) is 0 Å². The van der Waals surface area contributed by atoms with Gasteiger partial charge in [-0.3, -0.25) is 9.59 Å². The molecule has 44 heavy (non-hydrogen) atoms. The molecule has 0 atom stereocenters. The molecule has 0 aliphatic rings. The molecule has 4 rings (SSSR count). The minimum atomic E-state index is -0.291. The number of aromatic hydroxyl groups is 1. The van der Waals surface area contributed by atoms with Gasteiger partial charge >= 0.3 is 0 Å². The molecule has 0 aromatic heterocycles. The molecule has 5 heteroatoms. The molecule has 0 heterocycles. The Hall–Kier alpha value is -3.86. The summed E-state index contributed by atoms with van der Waals surface area (Å²) in [6.07, 6.45) is 19.6. The molecule has 0 spiro atoms. The first kappa shape index (κ1) is 33.0. The molecule has 4 aromatic carbocycles. The lowest BCUT2D eigenvalue weighted by Gasteiger charge is -2.11. The van der Waals surface area contributed by atoms with E-state index in [0.717, 1.165) is 40.1 Å². The largest absolute Gasteiger partial charge is 0.507 e. The van der Waals surface area contributed by atoms with E-state index in [-0.39, 0.29) is 23.1 Å². The first-order valence-corrected chi connectivity index (χ1v) is 16.9. The minimum Gasteiger partial charge on any atom is -0.507 e. The predicted octanol–water partition coefficient (Wildman–Crippen LogP) is 10.6. The number of carbonyl (C=O) groups is 2. The maximum atomic E-state index is 13.1. The van der Waals surface area contributed by atoms with Crippen molar-refractivity contribution in [3.8, 4) is 5.75 Å². The van der Waals surface area contributed by atoms with Crippen molar-refractivity contribution in [1.82, 2.24) is 5.32 Å². The SMILES string of the molecule is CCCCCCCCCCCCCCCCCNC(=O)c1cc2cc(C(=O)Nc3cccc4ccccc34)ccc2cc1O. The van der Waals surface area contributed by atoms with Crippen LogP contribution in [0, 0.1) is 0 Å². The number of amides is 2. The molecule has 0 fully saturated rings. The zero-order valence-electron chi connectivity index (χ0n) is 26.5. The maximum absolute atomic E-state index is 13.1. The third-order valence-corrected chi connectivity index (χ3v) is 8.57. The highest BCUT2D eigenvalue weighted by Gasteiger charge is 2.14. The quantitative estimate of drug-likeness (QED) is 0.0945. The fourth-order valence-electron chi connectivity index (χ4n) is 5.93. The number of anilines is 1. The fourth-order valence-corrected chi connectivity index (χ4v) is 5.93. The minimum absolute atomic E-state index is 0.0561. The molecule has 0 aliphatic carbocycles. The van der Waals surface area contributed by atoms with Crippen LogP contribution in [0.2, 0.25) is 0 Å². The Morgan fingerprint density at radius 1 is 0.591 bits per heavy atom. The highest BCUT2D eigenvalue weighted by Crippen LogP contribution is 2.28. The van der Waals surface area contributed by atoms with Crippen LogP contribution in [0.1, 0.15) is 124 Å². The van der Waals surface area contributed by atoms with Crippen molar-refractivity contribution in [2.45, 2.75) is 103 Å². The van der Waals surface area contributed by atoms with Crippen LogP contribution in [0.5, 0.6) is 5.75 Å². The molecule has 0 saturated carbocycles. The first-order valence-electron chi connectivity index (χ1n) is 16.9. The second-order valence-corrected chi connectivity index (χ2v) is 12.1. The summed E-state index contributed by atoms with van der Waals surface area (Å²) in [5, 5.41) is 20.1. The van der Waals surface area contributed by atoms with Gasteiger partial charge in [-0.2, -0.15) is 0 Å². The van der Waals surface area contributed by atoms with Crippen molar-refractivity contribution in [1.29, 1.82) is 0 Å². The van der Waals surface area contributed by atoms with Crippen molar-refractivity contribution in [3.63, 3.8) is 0 Å². The highest BCUT2D eigenvalue weighted by atomic mass is 16.3. The second-order valence-electron chi connectivity index (χ2n) is 12.1. The summed E-state index contributed by atoms with van der Waals surface area (Å²) in [6, 6.07) is 22.3.